The molecule has 1 aromatic carbocycles. The number of hydrogen-bond acceptors (Lipinski definition) is 2. The molecule has 1 unspecified atom stereocenters. The van der Waals surface area contributed by atoms with E-state index in [0.29, 0.717) is 6.42 Å². The number of aliphatic hydroxyl groups is 1. The van der Waals surface area contributed by atoms with Gasteiger partial charge in [0.05, 0.1) is 6.04 Å². The zero-order chi connectivity index (χ0) is 12.0. The minimum absolute atomic E-state index is 0.161. The van der Waals surface area contributed by atoms with Gasteiger partial charge in [-0.2, -0.15) is 0 Å². The quantitative estimate of drug-likeness (QED) is 0.770. The van der Waals surface area contributed by atoms with Crippen molar-refractivity contribution in [3.8, 4) is 0 Å². The fourth-order valence-electron chi connectivity index (χ4n) is 1.46. The molecule has 0 heterocycles. The maximum Gasteiger partial charge on any atom is 0.217 e. The summed E-state index contributed by atoms with van der Waals surface area (Å²) in [6.45, 7) is 1.41. The molecule has 0 spiro atoms. The molecule has 1 amide bonds. The van der Waals surface area contributed by atoms with Gasteiger partial charge in [-0.15, -0.1) is 0 Å². The van der Waals surface area contributed by atoms with Crippen molar-refractivity contribution in [1.29, 1.82) is 0 Å². The van der Waals surface area contributed by atoms with Crippen LogP contribution in [0, 0.1) is 0 Å². The first kappa shape index (κ1) is 12.6. The van der Waals surface area contributed by atoms with Crippen molar-refractivity contribution in [3.63, 3.8) is 0 Å². The Balaban J connectivity index is 2.50. The van der Waals surface area contributed by atoms with Gasteiger partial charge < -0.3 is 10.4 Å². The molecule has 1 atom stereocenters. The van der Waals surface area contributed by atoms with Crippen LogP contribution in [0.5, 0.6) is 0 Å². The molecule has 1 rings (SSSR count). The number of carbonyl (C=O) groups excluding carboxylic acids is 1. The second kappa shape index (κ2) is 6.23. The van der Waals surface area contributed by atoms with Crippen LogP contribution >= 0.6 is 12.2 Å². The molecule has 16 heavy (non-hydrogen) atoms. The lowest BCUT2D eigenvalue weighted by Crippen LogP contribution is -2.39. The van der Waals surface area contributed by atoms with Crippen LogP contribution in [0.15, 0.2) is 30.3 Å². The topological polar surface area (TPSA) is 49.3 Å². The van der Waals surface area contributed by atoms with Crippen LogP contribution in [0.2, 0.25) is 0 Å². The number of aryl methyl sites for hydroxylation is 1. The monoisotopic (exact) mass is 237 g/mol. The molecular weight excluding hydrogens is 222 g/mol. The third-order valence-corrected chi connectivity index (χ3v) is 2.52. The second-order valence-corrected chi connectivity index (χ2v) is 4.03. The molecule has 86 valence electrons. The fraction of sp³-hybridized carbons (Fsp3) is 0.333. The van der Waals surface area contributed by atoms with E-state index in [0.717, 1.165) is 12.0 Å². The Morgan fingerprint density at radius 1 is 1.44 bits per heavy atom. The van der Waals surface area contributed by atoms with Crippen LogP contribution in [0.4, 0.5) is 0 Å². The van der Waals surface area contributed by atoms with Gasteiger partial charge in [0.15, 0.2) is 5.05 Å². The SMILES string of the molecule is CC(=O)NC(CCc1ccccc1)C(O)=S. The minimum atomic E-state index is -0.437. The van der Waals surface area contributed by atoms with Crippen LogP contribution in [0.1, 0.15) is 18.9 Å². The van der Waals surface area contributed by atoms with Crippen molar-refractivity contribution < 1.29 is 9.90 Å². The average Bonchev–Trinajstić information content (AvgIpc) is 2.25. The second-order valence-electron chi connectivity index (χ2n) is 3.62. The molecule has 0 saturated carbocycles. The Morgan fingerprint density at radius 2 is 2.06 bits per heavy atom. The number of benzene rings is 1. The summed E-state index contributed by atoms with van der Waals surface area (Å²) in [6.07, 6.45) is 1.38. The number of amides is 1. The normalized spacial score (nSPS) is 11.8. The molecule has 0 aromatic heterocycles. The van der Waals surface area contributed by atoms with Crippen molar-refractivity contribution in [2.45, 2.75) is 25.8 Å². The summed E-state index contributed by atoms with van der Waals surface area (Å²) in [5.41, 5.74) is 1.16. The third-order valence-electron chi connectivity index (χ3n) is 2.24. The van der Waals surface area contributed by atoms with Crippen LogP contribution in [-0.2, 0) is 11.2 Å². The molecular formula is C12H15NO2S. The van der Waals surface area contributed by atoms with E-state index in [9.17, 15) is 9.90 Å². The fourth-order valence-corrected chi connectivity index (χ4v) is 1.64. The molecule has 0 fully saturated rings. The van der Waals surface area contributed by atoms with Crippen LogP contribution in [-0.4, -0.2) is 22.1 Å². The predicted octanol–water partition coefficient (Wildman–Crippen LogP) is 2.01. The Bertz CT molecular complexity index is 365. The zero-order valence-electron chi connectivity index (χ0n) is 9.14. The number of aliphatic hydroxyl groups excluding tert-OH is 1. The Hall–Kier alpha value is -1.42. The number of thiocarbonyl (C=S) groups is 1. The lowest BCUT2D eigenvalue weighted by Gasteiger charge is -2.14. The average molecular weight is 237 g/mol. The molecule has 2 N–H and O–H groups in total. The van der Waals surface area contributed by atoms with Crippen molar-refractivity contribution >= 4 is 23.2 Å². The molecule has 1 aromatic rings. The third kappa shape index (κ3) is 4.40. The highest BCUT2D eigenvalue weighted by molar-refractivity contribution is 7.80. The van der Waals surface area contributed by atoms with Crippen LogP contribution in [0.25, 0.3) is 0 Å². The Kier molecular flexibility index (Phi) is 4.92. The summed E-state index contributed by atoms with van der Waals surface area (Å²) < 4.78 is 0. The molecule has 0 aliphatic heterocycles. The van der Waals surface area contributed by atoms with E-state index in [4.69, 9.17) is 12.2 Å². The molecule has 0 aliphatic rings. The number of nitrogens with one attached hydrogen (secondary N) is 1. The number of carbonyl (C=O) groups is 1. The largest absolute Gasteiger partial charge is 0.500 e. The Labute approximate surface area is 100 Å². The Morgan fingerprint density at radius 3 is 2.56 bits per heavy atom. The first-order valence-electron chi connectivity index (χ1n) is 5.13. The predicted molar refractivity (Wildman–Crippen MR) is 67.6 cm³/mol. The summed E-state index contributed by atoms with van der Waals surface area (Å²) in [4.78, 5) is 10.9. The highest BCUT2D eigenvalue weighted by Gasteiger charge is 2.14. The zero-order valence-corrected chi connectivity index (χ0v) is 9.96. The van der Waals surface area contributed by atoms with E-state index >= 15 is 0 Å². The van der Waals surface area contributed by atoms with Gasteiger partial charge in [-0.1, -0.05) is 30.3 Å². The summed E-state index contributed by atoms with van der Waals surface area (Å²) in [5, 5.41) is 11.7. The van der Waals surface area contributed by atoms with E-state index < -0.39 is 6.04 Å². The highest BCUT2D eigenvalue weighted by atomic mass is 32.1. The standard InChI is InChI=1S/C12H15NO2S/c1-9(14)13-11(12(15)16)8-7-10-5-3-2-4-6-10/h2-6,11H,7-8H2,1H3,(H,13,14)(H,15,16). The van der Waals surface area contributed by atoms with E-state index in [1.54, 1.807) is 0 Å². The molecule has 4 heteroatoms. The molecule has 3 nitrogen and oxygen atoms in total. The van der Waals surface area contributed by atoms with Crippen molar-refractivity contribution in [3.05, 3.63) is 35.9 Å². The summed E-state index contributed by atoms with van der Waals surface area (Å²) in [5.74, 6) is -0.186. The van der Waals surface area contributed by atoms with Gasteiger partial charge in [0.25, 0.3) is 0 Å². The van der Waals surface area contributed by atoms with Gasteiger partial charge in [0.1, 0.15) is 0 Å². The van der Waals surface area contributed by atoms with E-state index in [-0.39, 0.29) is 11.0 Å². The van der Waals surface area contributed by atoms with Crippen molar-refractivity contribution in [2.24, 2.45) is 0 Å². The first-order valence-corrected chi connectivity index (χ1v) is 5.54. The highest BCUT2D eigenvalue weighted by Crippen LogP contribution is 2.05. The molecule has 0 aliphatic carbocycles. The maximum absolute atomic E-state index is 10.9. The van der Waals surface area contributed by atoms with Crippen LogP contribution < -0.4 is 5.32 Å². The van der Waals surface area contributed by atoms with E-state index in [1.165, 1.54) is 6.92 Å². The van der Waals surface area contributed by atoms with E-state index in [2.05, 4.69) is 5.32 Å². The summed E-state index contributed by atoms with van der Waals surface area (Å²) in [7, 11) is 0. The van der Waals surface area contributed by atoms with E-state index in [1.807, 2.05) is 30.3 Å². The molecule has 0 bridgehead atoms. The molecule has 0 radical (unpaired) electrons. The smallest absolute Gasteiger partial charge is 0.217 e. The lowest BCUT2D eigenvalue weighted by molar-refractivity contribution is -0.119. The summed E-state index contributed by atoms with van der Waals surface area (Å²) >= 11 is 4.69. The van der Waals surface area contributed by atoms with Gasteiger partial charge in [0.2, 0.25) is 5.91 Å². The van der Waals surface area contributed by atoms with Gasteiger partial charge in [0, 0.05) is 6.92 Å². The number of hydrogen-bond donors (Lipinski definition) is 2. The van der Waals surface area contributed by atoms with Gasteiger partial charge >= 0.3 is 0 Å². The number of rotatable bonds is 5. The van der Waals surface area contributed by atoms with Gasteiger partial charge in [-0.3, -0.25) is 4.79 Å². The minimum Gasteiger partial charge on any atom is -0.500 e. The van der Waals surface area contributed by atoms with Gasteiger partial charge in [-0.05, 0) is 30.6 Å². The summed E-state index contributed by atoms with van der Waals surface area (Å²) in [6, 6.07) is 9.44. The maximum atomic E-state index is 10.9. The van der Waals surface area contributed by atoms with Gasteiger partial charge in [-0.25, -0.2) is 0 Å². The lowest BCUT2D eigenvalue weighted by atomic mass is 10.1. The van der Waals surface area contributed by atoms with Crippen molar-refractivity contribution in [2.75, 3.05) is 0 Å². The van der Waals surface area contributed by atoms with Crippen molar-refractivity contribution in [1.82, 2.24) is 5.32 Å². The first-order chi connectivity index (χ1) is 7.59. The molecule has 0 saturated heterocycles. The van der Waals surface area contributed by atoms with Crippen LogP contribution in [0.3, 0.4) is 0 Å².